The molecule has 2 aromatic rings. The van der Waals surface area contributed by atoms with E-state index in [4.69, 9.17) is 16.7 Å². The van der Waals surface area contributed by atoms with Crippen LogP contribution in [0.1, 0.15) is 20.7 Å². The molecule has 2 N–H and O–H groups in total. The minimum absolute atomic E-state index is 0.0759. The van der Waals surface area contributed by atoms with E-state index in [1.807, 2.05) is 0 Å². The summed E-state index contributed by atoms with van der Waals surface area (Å²) < 4.78 is 1.24. The highest BCUT2D eigenvalue weighted by molar-refractivity contribution is 9.10. The molecule has 0 atom stereocenters. The van der Waals surface area contributed by atoms with Gasteiger partial charge >= 0.3 is 5.97 Å². The van der Waals surface area contributed by atoms with E-state index < -0.39 is 5.97 Å². The molecular formula is C14H8Br2ClNO3. The fourth-order valence-electron chi connectivity index (χ4n) is 1.67. The van der Waals surface area contributed by atoms with Crippen molar-refractivity contribution in [2.75, 3.05) is 5.32 Å². The van der Waals surface area contributed by atoms with Crippen LogP contribution in [0.25, 0.3) is 0 Å². The van der Waals surface area contributed by atoms with E-state index >= 15 is 0 Å². The minimum atomic E-state index is -1.07. The van der Waals surface area contributed by atoms with Gasteiger partial charge in [-0.15, -0.1) is 0 Å². The van der Waals surface area contributed by atoms with E-state index in [1.165, 1.54) is 18.2 Å². The lowest BCUT2D eigenvalue weighted by molar-refractivity contribution is 0.0696. The van der Waals surface area contributed by atoms with E-state index in [0.29, 0.717) is 25.2 Å². The van der Waals surface area contributed by atoms with Crippen LogP contribution in [0.5, 0.6) is 0 Å². The second-order valence-electron chi connectivity index (χ2n) is 4.15. The number of benzene rings is 2. The van der Waals surface area contributed by atoms with Crippen molar-refractivity contribution in [2.45, 2.75) is 0 Å². The van der Waals surface area contributed by atoms with Crippen LogP contribution in [0.3, 0.4) is 0 Å². The third-order valence-electron chi connectivity index (χ3n) is 2.53. The number of carboxylic acid groups (broad SMARTS) is 1. The van der Waals surface area contributed by atoms with Crippen LogP contribution in [-0.2, 0) is 0 Å². The molecule has 0 saturated heterocycles. The zero-order valence-electron chi connectivity index (χ0n) is 10.4. The number of nitrogens with one attached hydrogen (secondary N) is 1. The maximum Gasteiger partial charge on any atom is 0.335 e. The summed E-state index contributed by atoms with van der Waals surface area (Å²) in [7, 11) is 0. The molecule has 108 valence electrons. The highest BCUT2D eigenvalue weighted by Gasteiger charge is 2.11. The average molecular weight is 433 g/mol. The van der Waals surface area contributed by atoms with Crippen molar-refractivity contribution < 1.29 is 14.7 Å². The SMILES string of the molecule is O=C(O)c1cc(Br)cc(NC(=O)c2cc(Cl)cc(Br)c2)c1. The van der Waals surface area contributed by atoms with Gasteiger partial charge in [0.15, 0.2) is 0 Å². The fourth-order valence-corrected chi connectivity index (χ4v) is 3.03. The summed E-state index contributed by atoms with van der Waals surface area (Å²) in [5, 5.41) is 12.1. The minimum Gasteiger partial charge on any atom is -0.478 e. The second kappa shape index (κ2) is 6.60. The smallest absolute Gasteiger partial charge is 0.335 e. The van der Waals surface area contributed by atoms with Crippen LogP contribution in [0, 0.1) is 0 Å². The van der Waals surface area contributed by atoms with E-state index in [-0.39, 0.29) is 11.5 Å². The normalized spacial score (nSPS) is 10.2. The van der Waals surface area contributed by atoms with Gasteiger partial charge in [0.1, 0.15) is 0 Å². The molecule has 21 heavy (non-hydrogen) atoms. The summed E-state index contributed by atoms with van der Waals surface area (Å²) in [4.78, 5) is 23.2. The number of hydrogen-bond acceptors (Lipinski definition) is 2. The Morgan fingerprint density at radius 2 is 1.57 bits per heavy atom. The molecule has 0 radical (unpaired) electrons. The first-order valence-electron chi connectivity index (χ1n) is 5.66. The molecule has 2 aromatic carbocycles. The van der Waals surface area contributed by atoms with Crippen LogP contribution in [0.4, 0.5) is 5.69 Å². The Morgan fingerprint density at radius 1 is 0.952 bits per heavy atom. The molecule has 1 amide bonds. The second-order valence-corrected chi connectivity index (χ2v) is 6.41. The molecule has 0 heterocycles. The lowest BCUT2D eigenvalue weighted by Gasteiger charge is -2.08. The van der Waals surface area contributed by atoms with Crippen molar-refractivity contribution >= 4 is 61.0 Å². The van der Waals surface area contributed by atoms with E-state index in [0.717, 1.165) is 0 Å². The molecule has 0 aliphatic carbocycles. The summed E-state index contributed by atoms with van der Waals surface area (Å²) in [6.07, 6.45) is 0. The number of rotatable bonds is 3. The van der Waals surface area contributed by atoms with Crippen molar-refractivity contribution in [3.05, 3.63) is 61.5 Å². The monoisotopic (exact) mass is 431 g/mol. The van der Waals surface area contributed by atoms with Crippen LogP contribution in [0.15, 0.2) is 45.3 Å². The lowest BCUT2D eigenvalue weighted by atomic mass is 10.1. The molecular weight excluding hydrogens is 425 g/mol. The molecule has 2 rings (SSSR count). The summed E-state index contributed by atoms with van der Waals surface area (Å²) in [6, 6.07) is 9.26. The summed E-state index contributed by atoms with van der Waals surface area (Å²) in [5.74, 6) is -1.45. The maximum absolute atomic E-state index is 12.2. The molecule has 0 saturated carbocycles. The van der Waals surface area contributed by atoms with Crippen molar-refractivity contribution in [3.8, 4) is 0 Å². The molecule has 0 aliphatic rings. The molecule has 0 bridgehead atoms. The third kappa shape index (κ3) is 4.30. The van der Waals surface area contributed by atoms with Crippen molar-refractivity contribution in [1.29, 1.82) is 0 Å². The Labute approximate surface area is 142 Å². The average Bonchev–Trinajstić information content (AvgIpc) is 2.36. The van der Waals surface area contributed by atoms with Crippen LogP contribution < -0.4 is 5.32 Å². The van der Waals surface area contributed by atoms with Crippen molar-refractivity contribution in [2.24, 2.45) is 0 Å². The number of carbonyl (C=O) groups is 2. The predicted molar refractivity (Wildman–Crippen MR) is 88.2 cm³/mol. The number of hydrogen-bond donors (Lipinski definition) is 2. The van der Waals surface area contributed by atoms with Gasteiger partial charge in [-0.25, -0.2) is 4.79 Å². The number of amides is 1. The molecule has 0 aromatic heterocycles. The predicted octanol–water partition coefficient (Wildman–Crippen LogP) is 4.82. The van der Waals surface area contributed by atoms with Gasteiger partial charge in [0.2, 0.25) is 0 Å². The van der Waals surface area contributed by atoms with Gasteiger partial charge in [-0.2, -0.15) is 0 Å². The van der Waals surface area contributed by atoms with Gasteiger partial charge in [-0.05, 0) is 36.4 Å². The highest BCUT2D eigenvalue weighted by Crippen LogP contribution is 2.23. The Morgan fingerprint density at radius 3 is 2.19 bits per heavy atom. The number of aromatic carboxylic acids is 1. The standard InChI is InChI=1S/C14H8Br2ClNO3/c15-9-1-7(3-11(17)5-9)13(19)18-12-4-8(14(20)21)2-10(16)6-12/h1-6H,(H,18,19)(H,20,21). The first-order valence-corrected chi connectivity index (χ1v) is 7.63. The van der Waals surface area contributed by atoms with Crippen LogP contribution in [0.2, 0.25) is 5.02 Å². The fraction of sp³-hybridized carbons (Fsp3) is 0. The third-order valence-corrected chi connectivity index (χ3v) is 3.66. The van der Waals surface area contributed by atoms with Gasteiger partial charge in [0.25, 0.3) is 5.91 Å². The molecule has 0 unspecified atom stereocenters. The Hall–Kier alpha value is -1.37. The Kier molecular flexibility index (Phi) is 5.03. The molecule has 0 spiro atoms. The molecule has 0 fully saturated rings. The van der Waals surface area contributed by atoms with E-state index in [1.54, 1.807) is 18.2 Å². The first kappa shape index (κ1) is 16.0. The lowest BCUT2D eigenvalue weighted by Crippen LogP contribution is -2.12. The Balaban J connectivity index is 2.29. The van der Waals surface area contributed by atoms with Crippen LogP contribution >= 0.6 is 43.5 Å². The van der Waals surface area contributed by atoms with Crippen molar-refractivity contribution in [3.63, 3.8) is 0 Å². The van der Waals surface area contributed by atoms with Gasteiger partial charge in [0.05, 0.1) is 5.56 Å². The molecule has 4 nitrogen and oxygen atoms in total. The number of carbonyl (C=O) groups excluding carboxylic acids is 1. The Bertz CT molecular complexity index is 714. The number of halogens is 3. The summed E-state index contributed by atoms with van der Waals surface area (Å²) >= 11 is 12.4. The van der Waals surface area contributed by atoms with Gasteiger partial charge in [-0.3, -0.25) is 4.79 Å². The van der Waals surface area contributed by atoms with E-state index in [9.17, 15) is 9.59 Å². The summed E-state index contributed by atoms with van der Waals surface area (Å²) in [6.45, 7) is 0. The molecule has 0 aliphatic heterocycles. The zero-order chi connectivity index (χ0) is 15.6. The zero-order valence-corrected chi connectivity index (χ0v) is 14.3. The number of anilines is 1. The van der Waals surface area contributed by atoms with Gasteiger partial charge < -0.3 is 10.4 Å². The largest absolute Gasteiger partial charge is 0.478 e. The number of carboxylic acids is 1. The highest BCUT2D eigenvalue weighted by atomic mass is 79.9. The molecule has 7 heteroatoms. The van der Waals surface area contributed by atoms with E-state index in [2.05, 4.69) is 37.2 Å². The summed E-state index contributed by atoms with van der Waals surface area (Å²) in [5.41, 5.74) is 0.820. The first-order chi connectivity index (χ1) is 9.85. The topological polar surface area (TPSA) is 66.4 Å². The maximum atomic E-state index is 12.2. The van der Waals surface area contributed by atoms with Gasteiger partial charge in [-0.1, -0.05) is 43.5 Å². The van der Waals surface area contributed by atoms with Crippen LogP contribution in [-0.4, -0.2) is 17.0 Å². The quantitative estimate of drug-likeness (QED) is 0.730. The van der Waals surface area contributed by atoms with Crippen molar-refractivity contribution in [1.82, 2.24) is 0 Å². The van der Waals surface area contributed by atoms with Gasteiger partial charge in [0, 0.05) is 25.2 Å².